The average molecular weight is 772 g/mol. The zero-order chi connectivity index (χ0) is 39.5. The van der Waals surface area contributed by atoms with Gasteiger partial charge < -0.3 is 20.1 Å². The Kier molecular flexibility index (Phi) is 43.2. The van der Waals surface area contributed by atoms with Crippen LogP contribution in [-0.4, -0.2) is 49.3 Å². The monoisotopic (exact) mass is 772 g/mol. The van der Waals surface area contributed by atoms with Gasteiger partial charge in [-0.15, -0.1) is 0 Å². The average Bonchev–Trinajstić information content (AvgIpc) is 3.14. The quantitative estimate of drug-likeness (QED) is 0.0274. The highest BCUT2D eigenvalue weighted by atomic mass is 31.2. The lowest BCUT2D eigenvalue weighted by Crippen LogP contribution is -2.29. The van der Waals surface area contributed by atoms with Crippen LogP contribution in [0.2, 0.25) is 0 Å². The van der Waals surface area contributed by atoms with Gasteiger partial charge in [-0.05, 0) is 45.4 Å². The smallest absolute Gasteiger partial charge is 0.462 e. The first-order chi connectivity index (χ1) is 25.8. The molecular formula is C43H82NO8P. The van der Waals surface area contributed by atoms with E-state index in [0.717, 1.165) is 44.9 Å². The van der Waals surface area contributed by atoms with Gasteiger partial charge in [-0.25, -0.2) is 4.57 Å². The van der Waals surface area contributed by atoms with Crippen molar-refractivity contribution in [2.45, 2.75) is 201 Å². The van der Waals surface area contributed by atoms with Gasteiger partial charge >= 0.3 is 19.8 Å². The first-order valence-electron chi connectivity index (χ1n) is 21.3. The fourth-order valence-electron chi connectivity index (χ4n) is 5.37. The van der Waals surface area contributed by atoms with Crippen LogP contribution in [-0.2, 0) is 32.7 Å². The summed E-state index contributed by atoms with van der Waals surface area (Å²) in [5, 5.41) is 0. The number of unbranched alkanes of at least 4 members (excludes halogenated alkanes) is 19. The predicted octanol–water partition coefficient (Wildman–Crippen LogP) is 12.4. The summed E-state index contributed by atoms with van der Waals surface area (Å²) in [6.07, 6.45) is 41.5. The van der Waals surface area contributed by atoms with Crippen LogP contribution < -0.4 is 5.73 Å². The number of nitrogens with two attached hydrogens (primary N) is 1. The number of esters is 2. The normalized spacial score (nSPS) is 13.3. The van der Waals surface area contributed by atoms with Gasteiger partial charge in [0.1, 0.15) is 6.61 Å². The molecule has 0 radical (unpaired) electrons. The second-order valence-electron chi connectivity index (χ2n) is 13.8. The Morgan fingerprint density at radius 2 is 1.06 bits per heavy atom. The maximum absolute atomic E-state index is 12.2. The molecule has 0 saturated carbocycles. The van der Waals surface area contributed by atoms with Crippen LogP contribution in [0.4, 0.5) is 0 Å². The van der Waals surface area contributed by atoms with Gasteiger partial charge in [-0.1, -0.05) is 173 Å². The molecule has 0 heterocycles. The molecule has 0 aliphatic carbocycles. The molecule has 10 heteroatoms. The molecule has 0 spiro atoms. The maximum atomic E-state index is 12.2. The maximum Gasteiger partial charge on any atom is 0.472 e. The van der Waals surface area contributed by atoms with E-state index in [4.69, 9.17) is 24.3 Å². The Bertz CT molecular complexity index is 939. The largest absolute Gasteiger partial charge is 0.472 e. The minimum atomic E-state index is -4.34. The molecular weight excluding hydrogens is 689 g/mol. The van der Waals surface area contributed by atoms with Crippen molar-refractivity contribution in [3.63, 3.8) is 0 Å². The van der Waals surface area contributed by atoms with Crippen molar-refractivity contribution in [2.24, 2.45) is 5.73 Å². The first-order valence-corrected chi connectivity index (χ1v) is 22.8. The minimum absolute atomic E-state index is 0.0562. The topological polar surface area (TPSA) is 134 Å². The predicted molar refractivity (Wildman–Crippen MR) is 222 cm³/mol. The summed E-state index contributed by atoms with van der Waals surface area (Å²) >= 11 is 0. The van der Waals surface area contributed by atoms with Crippen LogP contribution in [0.25, 0.3) is 0 Å². The van der Waals surface area contributed by atoms with Gasteiger partial charge in [0.2, 0.25) is 0 Å². The van der Waals surface area contributed by atoms with Crippen molar-refractivity contribution >= 4 is 19.8 Å². The van der Waals surface area contributed by atoms with E-state index >= 15 is 0 Å². The second kappa shape index (κ2) is 43.0. The number of carbonyl (C=O) groups excluding carboxylic acids is 2. The summed E-state index contributed by atoms with van der Waals surface area (Å²) in [6, 6.07) is 0. The lowest BCUT2D eigenvalue weighted by Gasteiger charge is -2.19. The number of rotatable bonds is 37. The molecule has 0 aliphatic rings. The van der Waals surface area contributed by atoms with Crippen LogP contribution in [0.15, 0.2) is 36.5 Å². The van der Waals surface area contributed by atoms with Gasteiger partial charge in [0.15, 0.2) is 6.10 Å². The zero-order valence-electron chi connectivity index (χ0n) is 34.6. The molecule has 0 fully saturated rings. The molecule has 0 amide bonds. The number of allylic oxidation sites excluding steroid dienone is 6. The van der Waals surface area contributed by atoms with Crippen LogP contribution in [0.3, 0.4) is 0 Å². The fraction of sp³-hybridized carbons (Fsp3) is 0.814. The van der Waals surface area contributed by atoms with E-state index in [2.05, 4.69) is 57.2 Å². The molecule has 0 rings (SSSR count). The summed E-state index contributed by atoms with van der Waals surface area (Å²) in [4.78, 5) is 34.0. The summed E-state index contributed by atoms with van der Waals surface area (Å²) < 4.78 is 32.1. The highest BCUT2D eigenvalue weighted by Crippen LogP contribution is 2.43. The van der Waals surface area contributed by atoms with E-state index in [1.807, 2.05) is 6.92 Å². The molecule has 1 unspecified atom stereocenters. The third kappa shape index (κ3) is 44.5. The van der Waals surface area contributed by atoms with Gasteiger partial charge in [0, 0.05) is 19.4 Å². The molecule has 53 heavy (non-hydrogen) atoms. The van der Waals surface area contributed by atoms with Crippen LogP contribution in [0, 0.1) is 0 Å². The molecule has 2 atom stereocenters. The fourth-order valence-corrected chi connectivity index (χ4v) is 6.14. The van der Waals surface area contributed by atoms with E-state index in [-0.39, 0.29) is 38.6 Å². The molecule has 3 N–H and O–H groups in total. The molecule has 0 aromatic rings. The van der Waals surface area contributed by atoms with E-state index < -0.39 is 26.5 Å². The van der Waals surface area contributed by atoms with Crippen LogP contribution in [0.1, 0.15) is 195 Å². The lowest BCUT2D eigenvalue weighted by molar-refractivity contribution is -0.161. The molecule has 0 aromatic carbocycles. The number of ether oxygens (including phenoxy) is 2. The minimum Gasteiger partial charge on any atom is -0.462 e. The molecule has 0 aliphatic heterocycles. The third-order valence-corrected chi connectivity index (χ3v) is 9.57. The molecule has 0 saturated heterocycles. The summed E-state index contributed by atoms with van der Waals surface area (Å²) in [5.74, 6) is -0.852. The molecule has 0 aromatic heterocycles. The van der Waals surface area contributed by atoms with Crippen molar-refractivity contribution < 1.29 is 37.6 Å². The Morgan fingerprint density at radius 3 is 1.60 bits per heavy atom. The van der Waals surface area contributed by atoms with Crippen LogP contribution >= 0.6 is 7.82 Å². The van der Waals surface area contributed by atoms with E-state index in [1.54, 1.807) is 0 Å². The lowest BCUT2D eigenvalue weighted by atomic mass is 10.0. The van der Waals surface area contributed by atoms with Crippen molar-refractivity contribution in [1.29, 1.82) is 0 Å². The highest BCUT2D eigenvalue weighted by molar-refractivity contribution is 7.47. The number of hydrogen-bond acceptors (Lipinski definition) is 8. The number of phosphoric acid groups is 1. The summed E-state index contributed by atoms with van der Waals surface area (Å²) in [5.41, 5.74) is 5.27. The highest BCUT2D eigenvalue weighted by Gasteiger charge is 2.25. The van der Waals surface area contributed by atoms with Crippen molar-refractivity contribution in [1.82, 2.24) is 0 Å². The SMILES string of the molecule is C/C=C/C/C=C/C/C=C/CCCCC.CCCCCCCCCCCCCCCCCC(=O)OC[C@H](COP(=O)(O)OCCN)OC(=O)CCCCC. The van der Waals surface area contributed by atoms with E-state index in [9.17, 15) is 19.0 Å². The second-order valence-corrected chi connectivity index (χ2v) is 15.3. The third-order valence-electron chi connectivity index (χ3n) is 8.58. The Labute approximate surface area is 325 Å². The first kappa shape index (κ1) is 53.3. The summed E-state index contributed by atoms with van der Waals surface area (Å²) in [7, 11) is -4.34. The molecule has 0 bridgehead atoms. The Balaban J connectivity index is 0. The van der Waals surface area contributed by atoms with Crippen molar-refractivity contribution in [2.75, 3.05) is 26.4 Å². The Morgan fingerprint density at radius 1 is 0.604 bits per heavy atom. The van der Waals surface area contributed by atoms with E-state index in [0.29, 0.717) is 6.42 Å². The number of carbonyl (C=O) groups is 2. The van der Waals surface area contributed by atoms with Gasteiger partial charge in [-0.3, -0.25) is 18.6 Å². The number of hydrogen-bond donors (Lipinski definition) is 2. The summed E-state index contributed by atoms with van der Waals surface area (Å²) in [6.45, 7) is 7.82. The van der Waals surface area contributed by atoms with Crippen molar-refractivity contribution in [3.8, 4) is 0 Å². The molecule has 312 valence electrons. The van der Waals surface area contributed by atoms with E-state index in [1.165, 1.54) is 103 Å². The zero-order valence-corrected chi connectivity index (χ0v) is 35.5. The standard InChI is InChI=1S/C29H58NO8P.C14H24/c1-3-5-7-8-9-10-11-12-13-14-15-16-17-18-20-21-28(31)35-25-27(38-29(32)22-19-6-4-2)26-37-39(33,34)36-24-23-30;1-3-5-7-9-11-13-14-12-10-8-6-4-2/h27H,3-26,30H2,1-2H3,(H,33,34);3,5,9,11-12,14H,4,6-8,10,13H2,1-2H3/b;5-3+,11-9+,14-12+/t27-;/m1./s1. The van der Waals surface area contributed by atoms with Crippen LogP contribution in [0.5, 0.6) is 0 Å². The van der Waals surface area contributed by atoms with Gasteiger partial charge in [0.05, 0.1) is 13.2 Å². The van der Waals surface area contributed by atoms with Gasteiger partial charge in [0.25, 0.3) is 0 Å². The number of phosphoric ester groups is 1. The molecule has 9 nitrogen and oxygen atoms in total. The van der Waals surface area contributed by atoms with Gasteiger partial charge in [-0.2, -0.15) is 0 Å². The Hall–Kier alpha value is -1.77. The van der Waals surface area contributed by atoms with Crippen molar-refractivity contribution in [3.05, 3.63) is 36.5 Å².